The largest absolute Gasteiger partial charge is 0.508 e. The molecule has 1 aliphatic carbocycles. The number of carbonyl (C=O) groups is 1. The highest BCUT2D eigenvalue weighted by atomic mass is 16.5. The number of aromatic hydroxyl groups is 1. The molecule has 0 heterocycles. The predicted molar refractivity (Wildman–Crippen MR) is 85.0 cm³/mol. The van der Waals surface area contributed by atoms with Crippen molar-refractivity contribution >= 4 is 12.0 Å². The molecule has 0 spiro atoms. The molecule has 0 aliphatic heterocycles. The van der Waals surface area contributed by atoms with Crippen LogP contribution in [0.5, 0.6) is 5.75 Å². The molecule has 3 heteroatoms. The molecule has 0 radical (unpaired) electrons. The van der Waals surface area contributed by atoms with E-state index in [9.17, 15) is 9.90 Å². The molecule has 0 unspecified atom stereocenters. The summed E-state index contributed by atoms with van der Waals surface area (Å²) >= 11 is 0. The van der Waals surface area contributed by atoms with E-state index in [1.54, 1.807) is 12.1 Å². The number of phenolic OH excluding ortho intramolecular Hbond substituents is 1. The first kappa shape index (κ1) is 14.4. The molecule has 112 valence electrons. The van der Waals surface area contributed by atoms with Crippen molar-refractivity contribution in [3.8, 4) is 5.75 Å². The van der Waals surface area contributed by atoms with Crippen molar-refractivity contribution in [2.45, 2.75) is 19.4 Å². The van der Waals surface area contributed by atoms with Crippen LogP contribution in [0.25, 0.3) is 6.08 Å². The molecular formula is C19H18O3. The Bertz CT molecular complexity index is 664. The van der Waals surface area contributed by atoms with E-state index >= 15 is 0 Å². The second-order valence-corrected chi connectivity index (χ2v) is 5.59. The third-order valence-electron chi connectivity index (χ3n) is 3.84. The van der Waals surface area contributed by atoms with Gasteiger partial charge in [0, 0.05) is 0 Å². The van der Waals surface area contributed by atoms with Crippen molar-refractivity contribution in [3.63, 3.8) is 0 Å². The number of ether oxygens (including phenoxy) is 1. The summed E-state index contributed by atoms with van der Waals surface area (Å²) in [5.74, 6) is 0.122. The summed E-state index contributed by atoms with van der Waals surface area (Å²) in [6.07, 6.45) is 3.59. The number of carbonyl (C=O) groups excluding carboxylic acids is 1. The van der Waals surface area contributed by atoms with E-state index in [0.29, 0.717) is 6.61 Å². The highest BCUT2D eigenvalue weighted by molar-refractivity contribution is 5.76. The fourth-order valence-corrected chi connectivity index (χ4v) is 2.51. The fourth-order valence-electron chi connectivity index (χ4n) is 2.51. The summed E-state index contributed by atoms with van der Waals surface area (Å²) in [5.41, 5.74) is 3.30. The maximum absolute atomic E-state index is 12.0. The molecule has 1 N–H and O–H groups in total. The molecule has 3 nitrogen and oxygen atoms in total. The summed E-state index contributed by atoms with van der Waals surface area (Å²) in [4.78, 5) is 12.0. The number of hydrogen-bond donors (Lipinski definition) is 1. The van der Waals surface area contributed by atoms with Crippen LogP contribution in [-0.4, -0.2) is 11.1 Å². The highest BCUT2D eigenvalue weighted by Crippen LogP contribution is 2.35. The molecule has 1 aliphatic rings. The smallest absolute Gasteiger partial charge is 0.309 e. The lowest BCUT2D eigenvalue weighted by Gasteiger charge is -2.27. The lowest BCUT2D eigenvalue weighted by atomic mass is 9.79. The lowest BCUT2D eigenvalue weighted by molar-refractivity contribution is -0.151. The molecule has 22 heavy (non-hydrogen) atoms. The fraction of sp³-hybridized carbons (Fsp3) is 0.211. The van der Waals surface area contributed by atoms with Crippen LogP contribution in [0, 0.1) is 5.92 Å². The van der Waals surface area contributed by atoms with Crippen LogP contribution in [0.1, 0.15) is 24.0 Å². The molecule has 1 fully saturated rings. The van der Waals surface area contributed by atoms with E-state index in [1.165, 1.54) is 5.57 Å². The Morgan fingerprint density at radius 1 is 1.09 bits per heavy atom. The normalized spacial score (nSPS) is 16.7. The zero-order valence-corrected chi connectivity index (χ0v) is 12.2. The third-order valence-corrected chi connectivity index (χ3v) is 3.84. The Balaban J connectivity index is 1.48. The molecule has 0 aromatic heterocycles. The monoisotopic (exact) mass is 294 g/mol. The van der Waals surface area contributed by atoms with Crippen LogP contribution in [0.4, 0.5) is 0 Å². The molecule has 3 rings (SSSR count). The van der Waals surface area contributed by atoms with Gasteiger partial charge in [0.15, 0.2) is 0 Å². The van der Waals surface area contributed by atoms with Crippen LogP contribution in [-0.2, 0) is 16.1 Å². The van der Waals surface area contributed by atoms with Gasteiger partial charge in [0.05, 0.1) is 5.92 Å². The van der Waals surface area contributed by atoms with Gasteiger partial charge in [-0.1, -0.05) is 54.1 Å². The van der Waals surface area contributed by atoms with Gasteiger partial charge in [-0.2, -0.15) is 0 Å². The van der Waals surface area contributed by atoms with Gasteiger partial charge in [0.2, 0.25) is 0 Å². The maximum Gasteiger partial charge on any atom is 0.309 e. The summed E-state index contributed by atoms with van der Waals surface area (Å²) in [6.45, 7) is 0.340. The Labute approximate surface area is 129 Å². The number of hydrogen-bond acceptors (Lipinski definition) is 3. The first-order valence-electron chi connectivity index (χ1n) is 7.40. The number of phenols is 1. The molecule has 0 bridgehead atoms. The Morgan fingerprint density at radius 3 is 2.45 bits per heavy atom. The zero-order chi connectivity index (χ0) is 15.4. The summed E-state index contributed by atoms with van der Waals surface area (Å²) in [7, 11) is 0. The van der Waals surface area contributed by atoms with Crippen molar-refractivity contribution in [3.05, 3.63) is 71.3 Å². The Hall–Kier alpha value is -2.55. The quantitative estimate of drug-likeness (QED) is 0.869. The molecule has 2 aromatic rings. The van der Waals surface area contributed by atoms with Crippen molar-refractivity contribution in [2.75, 3.05) is 0 Å². The number of benzene rings is 2. The van der Waals surface area contributed by atoms with E-state index in [1.807, 2.05) is 42.5 Å². The van der Waals surface area contributed by atoms with E-state index < -0.39 is 0 Å². The van der Waals surface area contributed by atoms with E-state index in [-0.39, 0.29) is 17.6 Å². The van der Waals surface area contributed by atoms with Crippen molar-refractivity contribution < 1.29 is 14.6 Å². The lowest BCUT2D eigenvalue weighted by Crippen LogP contribution is -2.26. The summed E-state index contributed by atoms with van der Waals surface area (Å²) in [5, 5.41) is 9.25. The average Bonchev–Trinajstić information content (AvgIpc) is 2.51. The first-order chi connectivity index (χ1) is 10.7. The van der Waals surface area contributed by atoms with Gasteiger partial charge in [0.25, 0.3) is 0 Å². The molecular weight excluding hydrogens is 276 g/mol. The van der Waals surface area contributed by atoms with Gasteiger partial charge in [-0.15, -0.1) is 0 Å². The van der Waals surface area contributed by atoms with Gasteiger partial charge in [-0.05, 0) is 36.1 Å². The molecule has 2 aromatic carbocycles. The van der Waals surface area contributed by atoms with Crippen LogP contribution < -0.4 is 0 Å². The minimum absolute atomic E-state index is 0.0212. The van der Waals surface area contributed by atoms with E-state index in [2.05, 4.69) is 6.08 Å². The van der Waals surface area contributed by atoms with Crippen LogP contribution in [0.2, 0.25) is 0 Å². The molecule has 0 amide bonds. The summed E-state index contributed by atoms with van der Waals surface area (Å²) in [6, 6.07) is 16.8. The van der Waals surface area contributed by atoms with E-state index in [0.717, 1.165) is 24.0 Å². The van der Waals surface area contributed by atoms with Crippen LogP contribution in [0.15, 0.2) is 60.2 Å². The Morgan fingerprint density at radius 2 is 1.77 bits per heavy atom. The van der Waals surface area contributed by atoms with Gasteiger partial charge < -0.3 is 9.84 Å². The number of rotatable bonds is 4. The van der Waals surface area contributed by atoms with Crippen molar-refractivity contribution in [2.24, 2.45) is 5.92 Å². The minimum Gasteiger partial charge on any atom is -0.508 e. The summed E-state index contributed by atoms with van der Waals surface area (Å²) < 4.78 is 5.35. The highest BCUT2D eigenvalue weighted by Gasteiger charge is 2.30. The zero-order valence-electron chi connectivity index (χ0n) is 12.2. The molecule has 0 atom stereocenters. The molecule has 1 saturated carbocycles. The number of esters is 1. The topological polar surface area (TPSA) is 46.5 Å². The first-order valence-corrected chi connectivity index (χ1v) is 7.40. The van der Waals surface area contributed by atoms with Crippen LogP contribution in [0.3, 0.4) is 0 Å². The molecule has 0 saturated heterocycles. The minimum atomic E-state index is -0.119. The second-order valence-electron chi connectivity index (χ2n) is 5.59. The number of allylic oxidation sites excluding steroid dienone is 1. The van der Waals surface area contributed by atoms with Crippen LogP contribution >= 0.6 is 0 Å². The SMILES string of the molecule is O=C(OCc1ccccc1)C1CC(=Cc2ccc(O)cc2)C1. The second kappa shape index (κ2) is 6.48. The third kappa shape index (κ3) is 3.55. The van der Waals surface area contributed by atoms with Gasteiger partial charge >= 0.3 is 5.97 Å². The van der Waals surface area contributed by atoms with Gasteiger partial charge in [-0.25, -0.2) is 0 Å². The standard InChI is InChI=1S/C19H18O3/c20-18-8-6-14(7-9-18)10-16-11-17(12-16)19(21)22-13-15-4-2-1-3-5-15/h1-10,17,20H,11-13H2. The maximum atomic E-state index is 12.0. The Kier molecular flexibility index (Phi) is 4.24. The predicted octanol–water partition coefficient (Wildman–Crippen LogP) is 3.93. The average molecular weight is 294 g/mol. The van der Waals surface area contributed by atoms with Gasteiger partial charge in [0.1, 0.15) is 12.4 Å². The van der Waals surface area contributed by atoms with Gasteiger partial charge in [-0.3, -0.25) is 4.79 Å². The van der Waals surface area contributed by atoms with Crippen molar-refractivity contribution in [1.82, 2.24) is 0 Å². The van der Waals surface area contributed by atoms with E-state index in [4.69, 9.17) is 4.74 Å². The van der Waals surface area contributed by atoms with Crippen molar-refractivity contribution in [1.29, 1.82) is 0 Å².